The number of hydrogen-bond donors (Lipinski definition) is 1. The fourth-order valence-corrected chi connectivity index (χ4v) is 4.31. The van der Waals surface area contributed by atoms with Crippen LogP contribution in [0.25, 0.3) is 0 Å². The molecule has 2 aromatic heterocycles. The molecule has 0 aromatic carbocycles. The summed E-state index contributed by atoms with van der Waals surface area (Å²) in [5, 5.41) is 3.04. The molecule has 0 spiro atoms. The predicted molar refractivity (Wildman–Crippen MR) is 103 cm³/mol. The van der Waals surface area contributed by atoms with E-state index in [1.54, 1.807) is 13.0 Å². The number of rotatable bonds is 7. The van der Waals surface area contributed by atoms with E-state index in [2.05, 4.69) is 5.32 Å². The molecule has 2 heterocycles. The largest absolute Gasteiger partial charge is 0.462 e. The molecular formula is C17H18ClNO5S2. The Bertz CT molecular complexity index is 827. The number of carbonyl (C=O) groups excluding carboxylic acids is 3. The van der Waals surface area contributed by atoms with Gasteiger partial charge in [0.25, 0.3) is 5.91 Å². The van der Waals surface area contributed by atoms with Crippen LogP contribution < -0.4 is 5.32 Å². The normalized spacial score (nSPS) is 10.5. The first-order valence-corrected chi connectivity index (χ1v) is 9.90. The van der Waals surface area contributed by atoms with Gasteiger partial charge in [0.05, 0.1) is 16.5 Å². The maximum Gasteiger partial charge on any atom is 0.348 e. The predicted octanol–water partition coefficient (Wildman–Crippen LogP) is 4.31. The van der Waals surface area contributed by atoms with Gasteiger partial charge in [0.2, 0.25) is 0 Å². The first-order chi connectivity index (χ1) is 12.4. The maximum absolute atomic E-state index is 12.2. The summed E-state index contributed by atoms with van der Waals surface area (Å²) in [5.74, 6) is -1.64. The molecule has 6 nitrogen and oxygen atoms in total. The Morgan fingerprint density at radius 1 is 1.12 bits per heavy atom. The molecule has 0 saturated heterocycles. The van der Waals surface area contributed by atoms with Crippen LogP contribution in [0.1, 0.15) is 44.3 Å². The van der Waals surface area contributed by atoms with Crippen molar-refractivity contribution < 1.29 is 23.9 Å². The van der Waals surface area contributed by atoms with Gasteiger partial charge < -0.3 is 14.8 Å². The Balaban J connectivity index is 2.06. The van der Waals surface area contributed by atoms with E-state index in [9.17, 15) is 14.4 Å². The number of esters is 2. The molecule has 1 amide bonds. The van der Waals surface area contributed by atoms with E-state index in [0.29, 0.717) is 19.8 Å². The number of hydrogen-bond acceptors (Lipinski definition) is 7. The highest BCUT2D eigenvalue weighted by Gasteiger charge is 2.23. The summed E-state index contributed by atoms with van der Waals surface area (Å²) in [7, 11) is 0. The lowest BCUT2D eigenvalue weighted by Gasteiger charge is -2.07. The lowest BCUT2D eigenvalue weighted by molar-refractivity contribution is -0.119. The molecule has 9 heteroatoms. The van der Waals surface area contributed by atoms with Crippen molar-refractivity contribution in [1.82, 2.24) is 0 Å². The van der Waals surface area contributed by atoms with Gasteiger partial charge in [-0.2, -0.15) is 0 Å². The quantitative estimate of drug-likeness (QED) is 0.681. The van der Waals surface area contributed by atoms with Crippen molar-refractivity contribution in [2.75, 3.05) is 18.5 Å². The van der Waals surface area contributed by atoms with E-state index in [1.807, 2.05) is 13.8 Å². The average molecular weight is 416 g/mol. The Morgan fingerprint density at radius 3 is 2.42 bits per heavy atom. The van der Waals surface area contributed by atoms with Crippen LogP contribution in [0, 0.1) is 6.92 Å². The number of nitrogens with one attached hydrogen (secondary N) is 1. The zero-order chi connectivity index (χ0) is 19.3. The van der Waals surface area contributed by atoms with Crippen LogP contribution in [-0.2, 0) is 20.7 Å². The summed E-state index contributed by atoms with van der Waals surface area (Å²) in [6, 6.07) is 3.11. The second kappa shape index (κ2) is 9.16. The van der Waals surface area contributed by atoms with Gasteiger partial charge in [0.15, 0.2) is 6.61 Å². The summed E-state index contributed by atoms with van der Waals surface area (Å²) in [4.78, 5) is 37.5. The molecule has 0 aliphatic carbocycles. The fraction of sp³-hybridized carbons (Fsp3) is 0.353. The highest BCUT2D eigenvalue weighted by molar-refractivity contribution is 7.18. The summed E-state index contributed by atoms with van der Waals surface area (Å²) in [6.45, 7) is 5.28. The van der Waals surface area contributed by atoms with Crippen molar-refractivity contribution in [2.45, 2.75) is 27.2 Å². The summed E-state index contributed by atoms with van der Waals surface area (Å²) in [5.41, 5.74) is 1.13. The number of amides is 1. The topological polar surface area (TPSA) is 81.7 Å². The van der Waals surface area contributed by atoms with Gasteiger partial charge in [-0.25, -0.2) is 9.59 Å². The van der Waals surface area contributed by atoms with Gasteiger partial charge in [-0.15, -0.1) is 22.7 Å². The van der Waals surface area contributed by atoms with Crippen molar-refractivity contribution in [2.24, 2.45) is 0 Å². The second-order valence-corrected chi connectivity index (χ2v) is 7.98. The van der Waals surface area contributed by atoms with Gasteiger partial charge in [-0.05, 0) is 38.0 Å². The number of carbonyl (C=O) groups is 3. The Hall–Kier alpha value is -1.90. The molecule has 0 fully saturated rings. The van der Waals surface area contributed by atoms with Crippen LogP contribution in [0.2, 0.25) is 4.34 Å². The molecule has 0 aliphatic heterocycles. The number of halogens is 1. The first kappa shape index (κ1) is 20.4. The highest BCUT2D eigenvalue weighted by Crippen LogP contribution is 2.34. The minimum Gasteiger partial charge on any atom is -0.462 e. The van der Waals surface area contributed by atoms with Crippen LogP contribution in [0.3, 0.4) is 0 Å². The third-order valence-electron chi connectivity index (χ3n) is 3.41. The maximum atomic E-state index is 12.2. The smallest absolute Gasteiger partial charge is 0.348 e. The summed E-state index contributed by atoms with van der Waals surface area (Å²) >= 11 is 8.15. The lowest BCUT2D eigenvalue weighted by Crippen LogP contribution is -2.21. The monoisotopic (exact) mass is 415 g/mol. The van der Waals surface area contributed by atoms with Crippen molar-refractivity contribution in [3.8, 4) is 0 Å². The van der Waals surface area contributed by atoms with E-state index >= 15 is 0 Å². The molecule has 0 atom stereocenters. The van der Waals surface area contributed by atoms with E-state index in [0.717, 1.165) is 28.2 Å². The van der Waals surface area contributed by atoms with E-state index in [1.165, 1.54) is 17.4 Å². The number of aryl methyl sites for hydroxylation is 1. The third-order valence-corrected chi connectivity index (χ3v) is 5.97. The number of ether oxygens (including phenoxy) is 2. The third kappa shape index (κ3) is 4.84. The molecule has 1 N–H and O–H groups in total. The second-order valence-electron chi connectivity index (χ2n) is 5.16. The number of anilines is 1. The Labute approximate surface area is 164 Å². The molecule has 0 radical (unpaired) electrons. The zero-order valence-electron chi connectivity index (χ0n) is 14.5. The van der Waals surface area contributed by atoms with Gasteiger partial charge in [-0.3, -0.25) is 4.79 Å². The average Bonchev–Trinajstić information content (AvgIpc) is 3.16. The van der Waals surface area contributed by atoms with Crippen molar-refractivity contribution in [3.05, 3.63) is 37.4 Å². The SMILES string of the molecule is CCOC(=O)c1c(NC(=O)COC(=O)c2ccc(Cl)s2)sc(CC)c1C. The van der Waals surface area contributed by atoms with Crippen molar-refractivity contribution in [3.63, 3.8) is 0 Å². The summed E-state index contributed by atoms with van der Waals surface area (Å²) < 4.78 is 10.5. The van der Waals surface area contributed by atoms with E-state index in [-0.39, 0.29) is 6.61 Å². The van der Waals surface area contributed by atoms with Gasteiger partial charge in [0, 0.05) is 4.88 Å². The molecule has 2 aromatic rings. The van der Waals surface area contributed by atoms with Gasteiger partial charge >= 0.3 is 11.9 Å². The molecule has 0 saturated carbocycles. The first-order valence-electron chi connectivity index (χ1n) is 7.89. The standard InChI is InChI=1S/C17H18ClNO5S2/c1-4-10-9(3)14(17(22)23-5-2)15(26-10)19-13(20)8-24-16(21)11-6-7-12(18)25-11/h6-7H,4-5,8H2,1-3H3,(H,19,20). The van der Waals surface area contributed by atoms with Crippen LogP contribution in [-0.4, -0.2) is 31.1 Å². The molecule has 26 heavy (non-hydrogen) atoms. The van der Waals surface area contributed by atoms with Crippen molar-refractivity contribution >= 4 is 57.1 Å². The highest BCUT2D eigenvalue weighted by atomic mass is 35.5. The van der Waals surface area contributed by atoms with Gasteiger partial charge in [0.1, 0.15) is 9.88 Å². The van der Waals surface area contributed by atoms with Crippen molar-refractivity contribution in [1.29, 1.82) is 0 Å². The van der Waals surface area contributed by atoms with E-state index < -0.39 is 24.5 Å². The minimum absolute atomic E-state index is 0.240. The van der Waals surface area contributed by atoms with Crippen LogP contribution >= 0.6 is 34.3 Å². The van der Waals surface area contributed by atoms with Gasteiger partial charge in [-0.1, -0.05) is 18.5 Å². The summed E-state index contributed by atoms with van der Waals surface area (Å²) in [6.07, 6.45) is 0.729. The van der Waals surface area contributed by atoms with Crippen LogP contribution in [0.4, 0.5) is 5.00 Å². The molecular weight excluding hydrogens is 398 g/mol. The fourth-order valence-electron chi connectivity index (χ4n) is 2.22. The van der Waals surface area contributed by atoms with Crippen LogP contribution in [0.15, 0.2) is 12.1 Å². The Morgan fingerprint density at radius 2 is 1.85 bits per heavy atom. The minimum atomic E-state index is -0.626. The number of thiophene rings is 2. The van der Waals surface area contributed by atoms with Crippen LogP contribution in [0.5, 0.6) is 0 Å². The molecule has 140 valence electrons. The Kier molecular flexibility index (Phi) is 7.19. The molecule has 0 unspecified atom stereocenters. The molecule has 0 aliphatic rings. The lowest BCUT2D eigenvalue weighted by atomic mass is 10.1. The van der Waals surface area contributed by atoms with E-state index in [4.69, 9.17) is 21.1 Å². The molecule has 2 rings (SSSR count). The molecule has 0 bridgehead atoms. The zero-order valence-corrected chi connectivity index (χ0v) is 16.9.